The van der Waals surface area contributed by atoms with Crippen LogP contribution in [0.2, 0.25) is 0 Å². The summed E-state index contributed by atoms with van der Waals surface area (Å²) in [6.45, 7) is 1.70. The van der Waals surface area contributed by atoms with E-state index in [4.69, 9.17) is 4.74 Å². The van der Waals surface area contributed by atoms with Gasteiger partial charge in [0, 0.05) is 22.2 Å². The van der Waals surface area contributed by atoms with Crippen LogP contribution in [0.25, 0.3) is 0 Å². The Labute approximate surface area is 135 Å². The first-order chi connectivity index (χ1) is 10.5. The molecule has 1 aromatic carbocycles. The van der Waals surface area contributed by atoms with E-state index in [1.54, 1.807) is 20.1 Å². The second kappa shape index (κ2) is 7.17. The number of hydrazone groups is 2. The summed E-state index contributed by atoms with van der Waals surface area (Å²) in [7, 11) is 1.56. The van der Waals surface area contributed by atoms with Crippen LogP contribution in [0.15, 0.2) is 32.9 Å². The topological polar surface area (TPSA) is 92.1 Å². The van der Waals surface area contributed by atoms with Gasteiger partial charge in [-0.15, -0.1) is 0 Å². The number of methoxy groups -OCH3 is 1. The number of nitrogens with zero attached hydrogens (tertiary/aromatic N) is 2. The van der Waals surface area contributed by atoms with Crippen LogP contribution in [0.3, 0.4) is 0 Å². The Morgan fingerprint density at radius 2 is 2.36 bits per heavy atom. The molecule has 0 unspecified atom stereocenters. The molecule has 8 heteroatoms. The van der Waals surface area contributed by atoms with Gasteiger partial charge in [-0.1, -0.05) is 15.9 Å². The highest BCUT2D eigenvalue weighted by atomic mass is 79.9. The molecule has 1 atom stereocenters. The van der Waals surface area contributed by atoms with E-state index in [1.165, 1.54) is 6.21 Å². The fraction of sp³-hybridized carbons (Fsp3) is 0.286. The van der Waals surface area contributed by atoms with Crippen LogP contribution in [0.5, 0.6) is 5.75 Å². The van der Waals surface area contributed by atoms with Gasteiger partial charge in [-0.05, 0) is 25.1 Å². The number of carbonyl (C=O) groups is 2. The van der Waals surface area contributed by atoms with Crippen molar-refractivity contribution in [2.45, 2.75) is 13.3 Å². The van der Waals surface area contributed by atoms with E-state index in [9.17, 15) is 9.59 Å². The number of rotatable bonds is 5. The number of ether oxygens (including phenoxy) is 1. The molecule has 2 rings (SSSR count). The zero-order valence-electron chi connectivity index (χ0n) is 12.1. The number of amides is 2. The molecule has 0 radical (unpaired) electrons. The van der Waals surface area contributed by atoms with Crippen LogP contribution in [0.4, 0.5) is 0 Å². The third kappa shape index (κ3) is 3.91. The van der Waals surface area contributed by atoms with Gasteiger partial charge in [0.05, 0.1) is 19.2 Å². The molecule has 7 nitrogen and oxygen atoms in total. The summed E-state index contributed by atoms with van der Waals surface area (Å²) < 4.78 is 6.07. The monoisotopic (exact) mass is 366 g/mol. The maximum Gasteiger partial charge on any atom is 0.249 e. The molecule has 1 aromatic rings. The minimum atomic E-state index is -0.532. The van der Waals surface area contributed by atoms with Crippen molar-refractivity contribution in [3.63, 3.8) is 0 Å². The Morgan fingerprint density at radius 3 is 3.00 bits per heavy atom. The minimum Gasteiger partial charge on any atom is -0.496 e. The summed E-state index contributed by atoms with van der Waals surface area (Å²) in [5.41, 5.74) is 6.04. The lowest BCUT2D eigenvalue weighted by Crippen LogP contribution is -2.29. The van der Waals surface area contributed by atoms with Gasteiger partial charge in [-0.2, -0.15) is 10.2 Å². The maximum absolute atomic E-state index is 11.8. The van der Waals surface area contributed by atoms with Gasteiger partial charge in [0.15, 0.2) is 0 Å². The number of hydrogen-bond donors (Lipinski definition) is 2. The average Bonchev–Trinajstić information content (AvgIpc) is 2.79. The second-order valence-corrected chi connectivity index (χ2v) is 5.58. The predicted molar refractivity (Wildman–Crippen MR) is 85.8 cm³/mol. The van der Waals surface area contributed by atoms with Gasteiger partial charge in [-0.25, -0.2) is 10.9 Å². The minimum absolute atomic E-state index is 0.00806. The second-order valence-electron chi connectivity index (χ2n) is 4.67. The van der Waals surface area contributed by atoms with E-state index in [2.05, 4.69) is 37.0 Å². The summed E-state index contributed by atoms with van der Waals surface area (Å²) in [5.74, 6) is -0.526. The first-order valence-corrected chi connectivity index (χ1v) is 7.30. The van der Waals surface area contributed by atoms with E-state index >= 15 is 0 Å². The highest BCUT2D eigenvalue weighted by molar-refractivity contribution is 9.10. The van der Waals surface area contributed by atoms with Gasteiger partial charge in [-0.3, -0.25) is 9.59 Å². The van der Waals surface area contributed by atoms with Crippen molar-refractivity contribution in [2.24, 2.45) is 16.1 Å². The normalized spacial score (nSPS) is 17.3. The Morgan fingerprint density at radius 1 is 1.59 bits per heavy atom. The smallest absolute Gasteiger partial charge is 0.249 e. The molecule has 1 heterocycles. The van der Waals surface area contributed by atoms with Gasteiger partial charge in [0.1, 0.15) is 5.75 Å². The summed E-state index contributed by atoms with van der Waals surface area (Å²) in [6, 6.07) is 5.45. The standard InChI is InChI=1S/C14H15BrN4O3/c1-8-11(14(21)19-17-8)6-13(20)18-16-7-9-5-10(15)3-4-12(9)22-2/h3-5,7,11H,6H2,1-2H3,(H,18,20)(H,19,21)/b16-7-/t11-/m1/s1. The summed E-state index contributed by atoms with van der Waals surface area (Å²) >= 11 is 3.36. The third-order valence-electron chi connectivity index (χ3n) is 3.14. The van der Waals surface area contributed by atoms with E-state index in [0.29, 0.717) is 17.0 Å². The van der Waals surface area contributed by atoms with Gasteiger partial charge >= 0.3 is 0 Å². The van der Waals surface area contributed by atoms with Crippen LogP contribution in [-0.2, 0) is 9.59 Å². The van der Waals surface area contributed by atoms with Crippen LogP contribution in [-0.4, -0.2) is 30.9 Å². The lowest BCUT2D eigenvalue weighted by atomic mass is 10.0. The van der Waals surface area contributed by atoms with Crippen molar-refractivity contribution in [1.29, 1.82) is 0 Å². The maximum atomic E-state index is 11.8. The summed E-state index contributed by atoms with van der Waals surface area (Å²) in [4.78, 5) is 23.3. The molecular formula is C14H15BrN4O3. The average molecular weight is 367 g/mol. The molecule has 0 bridgehead atoms. The van der Waals surface area contributed by atoms with Crippen molar-refractivity contribution in [3.8, 4) is 5.75 Å². The SMILES string of the molecule is COc1ccc(Br)cc1/C=N\NC(=O)C[C@H]1C(=O)NN=C1C. The van der Waals surface area contributed by atoms with E-state index < -0.39 is 5.92 Å². The Kier molecular flexibility index (Phi) is 5.26. The molecule has 0 spiro atoms. The number of carbonyl (C=O) groups excluding carboxylic acids is 2. The van der Waals surface area contributed by atoms with Crippen molar-refractivity contribution in [3.05, 3.63) is 28.2 Å². The lowest BCUT2D eigenvalue weighted by molar-refractivity contribution is -0.127. The summed E-state index contributed by atoms with van der Waals surface area (Å²) in [6.07, 6.45) is 1.49. The van der Waals surface area contributed by atoms with Gasteiger partial charge < -0.3 is 4.74 Å². The fourth-order valence-corrected chi connectivity index (χ4v) is 2.32. The molecule has 0 saturated heterocycles. The van der Waals surface area contributed by atoms with Crippen molar-refractivity contribution in [2.75, 3.05) is 7.11 Å². The van der Waals surface area contributed by atoms with E-state index in [-0.39, 0.29) is 18.2 Å². The van der Waals surface area contributed by atoms with Gasteiger partial charge in [0.2, 0.25) is 11.8 Å². The fourth-order valence-electron chi connectivity index (χ4n) is 1.94. The predicted octanol–water partition coefficient (Wildman–Crippen LogP) is 1.42. The molecule has 0 aliphatic carbocycles. The highest BCUT2D eigenvalue weighted by Gasteiger charge is 2.28. The molecule has 1 aliphatic rings. The molecular weight excluding hydrogens is 352 g/mol. The molecule has 0 fully saturated rings. The molecule has 2 N–H and O–H groups in total. The molecule has 2 amide bonds. The van der Waals surface area contributed by atoms with Crippen molar-refractivity contribution < 1.29 is 14.3 Å². The lowest BCUT2D eigenvalue weighted by Gasteiger charge is -2.06. The number of nitrogens with one attached hydrogen (secondary N) is 2. The molecule has 0 saturated carbocycles. The number of benzene rings is 1. The molecule has 1 aliphatic heterocycles. The first kappa shape index (κ1) is 16.2. The quantitative estimate of drug-likeness (QED) is 0.609. The molecule has 116 valence electrons. The van der Waals surface area contributed by atoms with E-state index in [0.717, 1.165) is 4.47 Å². The third-order valence-corrected chi connectivity index (χ3v) is 3.63. The van der Waals surface area contributed by atoms with Gasteiger partial charge in [0.25, 0.3) is 0 Å². The summed E-state index contributed by atoms with van der Waals surface area (Å²) in [5, 5.41) is 7.68. The molecule has 0 aromatic heterocycles. The first-order valence-electron chi connectivity index (χ1n) is 6.50. The Balaban J connectivity index is 1.95. The highest BCUT2D eigenvalue weighted by Crippen LogP contribution is 2.21. The zero-order chi connectivity index (χ0) is 16.1. The Hall–Kier alpha value is -2.22. The zero-order valence-corrected chi connectivity index (χ0v) is 13.7. The van der Waals surface area contributed by atoms with Crippen LogP contribution in [0, 0.1) is 5.92 Å². The van der Waals surface area contributed by atoms with Crippen LogP contribution >= 0.6 is 15.9 Å². The molecule has 22 heavy (non-hydrogen) atoms. The number of halogens is 1. The Bertz CT molecular complexity index is 657. The van der Waals surface area contributed by atoms with Crippen LogP contribution < -0.4 is 15.6 Å². The van der Waals surface area contributed by atoms with Crippen molar-refractivity contribution >= 4 is 39.7 Å². The number of hydrogen-bond acceptors (Lipinski definition) is 5. The van der Waals surface area contributed by atoms with Crippen molar-refractivity contribution in [1.82, 2.24) is 10.9 Å². The largest absolute Gasteiger partial charge is 0.496 e. The van der Waals surface area contributed by atoms with E-state index in [1.807, 2.05) is 12.1 Å². The van der Waals surface area contributed by atoms with Crippen LogP contribution in [0.1, 0.15) is 18.9 Å².